The van der Waals surface area contributed by atoms with Crippen LogP contribution in [0, 0.1) is 11.3 Å². The first-order chi connectivity index (χ1) is 13.4. The van der Waals surface area contributed by atoms with Gasteiger partial charge in [-0.3, -0.25) is 4.79 Å². The van der Waals surface area contributed by atoms with Crippen LogP contribution in [-0.2, 0) is 16.0 Å². The molecule has 0 aromatic heterocycles. The molecule has 28 heavy (non-hydrogen) atoms. The molecule has 148 valence electrons. The van der Waals surface area contributed by atoms with Crippen molar-refractivity contribution in [2.45, 2.75) is 48.9 Å². The molecular weight excluding hydrogens is 459 g/mol. The van der Waals surface area contributed by atoms with Gasteiger partial charge in [0.2, 0.25) is 0 Å². The minimum Gasteiger partial charge on any atom is -0.384 e. The molecule has 0 bridgehead atoms. The van der Waals surface area contributed by atoms with Gasteiger partial charge in [-0.2, -0.15) is 0 Å². The average molecular weight is 488 g/mol. The van der Waals surface area contributed by atoms with Crippen molar-refractivity contribution in [3.8, 4) is 0 Å². The molecule has 0 N–H and O–H groups in total. The molecule has 1 unspecified atom stereocenters. The van der Waals surface area contributed by atoms with E-state index in [1.807, 2.05) is 0 Å². The number of methoxy groups -OCH3 is 1. The van der Waals surface area contributed by atoms with E-state index in [0.29, 0.717) is 12.3 Å². The molecule has 1 aromatic rings. The van der Waals surface area contributed by atoms with Crippen LogP contribution < -0.4 is 0 Å². The van der Waals surface area contributed by atoms with Crippen LogP contribution in [0.4, 0.5) is 0 Å². The number of ketones is 1. The number of carbonyl (C=O) groups is 1. The number of alkyl halides is 1. The van der Waals surface area contributed by atoms with Gasteiger partial charge in [0, 0.05) is 30.4 Å². The summed E-state index contributed by atoms with van der Waals surface area (Å²) in [7, 11) is 1.78. The standard InChI is InChI=1S/C25H29IO2/c1-17-23(27)14-21-19(13-18-7-5-4-6-8-18)9-11-24(21,2)15-22-20(16-28-3)10-12-25(17,22)26/h4-8,15,20H,1,9-14,16H2,2-3H3/b22-15-/t20-,24-,25?/m1/s1. The third kappa shape index (κ3) is 3.35. The van der Waals surface area contributed by atoms with Crippen molar-refractivity contribution in [2.75, 3.05) is 13.7 Å². The molecule has 0 heterocycles. The Hall–Kier alpha value is -1.20. The van der Waals surface area contributed by atoms with Crippen LogP contribution in [0.3, 0.4) is 0 Å². The molecule has 2 nitrogen and oxygen atoms in total. The van der Waals surface area contributed by atoms with Crippen molar-refractivity contribution in [1.29, 1.82) is 0 Å². The van der Waals surface area contributed by atoms with E-state index < -0.39 is 0 Å². The monoisotopic (exact) mass is 488 g/mol. The Balaban J connectivity index is 1.80. The van der Waals surface area contributed by atoms with Gasteiger partial charge in [-0.15, -0.1) is 0 Å². The highest BCUT2D eigenvalue weighted by Crippen LogP contribution is 2.57. The molecule has 0 radical (unpaired) electrons. The van der Waals surface area contributed by atoms with Gasteiger partial charge >= 0.3 is 0 Å². The van der Waals surface area contributed by atoms with Crippen LogP contribution in [0.2, 0.25) is 0 Å². The van der Waals surface area contributed by atoms with Crippen molar-refractivity contribution >= 4 is 28.4 Å². The Morgan fingerprint density at radius 1 is 1.25 bits per heavy atom. The molecule has 3 aliphatic carbocycles. The lowest BCUT2D eigenvalue weighted by molar-refractivity contribution is -0.115. The van der Waals surface area contributed by atoms with Gasteiger partial charge in [-0.25, -0.2) is 0 Å². The zero-order chi connectivity index (χ0) is 19.9. The number of hydrogen-bond acceptors (Lipinski definition) is 2. The molecule has 0 aliphatic heterocycles. The number of rotatable bonds is 4. The van der Waals surface area contributed by atoms with E-state index in [4.69, 9.17) is 4.74 Å². The normalized spacial score (nSPS) is 34.5. The molecule has 1 saturated carbocycles. The summed E-state index contributed by atoms with van der Waals surface area (Å²) >= 11 is 2.50. The Bertz CT molecular complexity index is 866. The zero-order valence-corrected chi connectivity index (χ0v) is 19.1. The van der Waals surface area contributed by atoms with Crippen molar-refractivity contribution in [1.82, 2.24) is 0 Å². The summed E-state index contributed by atoms with van der Waals surface area (Å²) in [5.74, 6) is 0.618. The topological polar surface area (TPSA) is 26.3 Å². The Morgan fingerprint density at radius 2 is 2.00 bits per heavy atom. The largest absolute Gasteiger partial charge is 0.384 e. The highest BCUT2D eigenvalue weighted by Gasteiger charge is 2.50. The van der Waals surface area contributed by atoms with Crippen molar-refractivity contribution in [3.63, 3.8) is 0 Å². The maximum absolute atomic E-state index is 13.3. The highest BCUT2D eigenvalue weighted by molar-refractivity contribution is 14.1. The fourth-order valence-electron chi connectivity index (χ4n) is 5.40. The molecule has 0 amide bonds. The van der Waals surface area contributed by atoms with Crippen LogP contribution in [-0.4, -0.2) is 22.9 Å². The zero-order valence-electron chi connectivity index (χ0n) is 16.9. The summed E-state index contributed by atoms with van der Waals surface area (Å²) in [4.78, 5) is 13.3. The van der Waals surface area contributed by atoms with Crippen LogP contribution in [0.15, 0.2) is 65.3 Å². The number of Topliss-reactive ketones (excluding diaryl/α,β-unsaturated/α-hetero) is 1. The van der Waals surface area contributed by atoms with Gasteiger partial charge in [-0.1, -0.05) is 83.6 Å². The van der Waals surface area contributed by atoms with Crippen LogP contribution >= 0.6 is 22.6 Å². The second-order valence-electron chi connectivity index (χ2n) is 8.83. The van der Waals surface area contributed by atoms with Crippen LogP contribution in [0.1, 0.15) is 44.6 Å². The number of allylic oxidation sites excluding steroid dienone is 4. The van der Waals surface area contributed by atoms with Gasteiger partial charge in [0.15, 0.2) is 5.78 Å². The molecular formula is C25H29IO2. The van der Waals surface area contributed by atoms with E-state index in [1.54, 1.807) is 7.11 Å². The van der Waals surface area contributed by atoms with Gasteiger partial charge < -0.3 is 4.74 Å². The Morgan fingerprint density at radius 3 is 2.71 bits per heavy atom. The third-order valence-corrected chi connectivity index (χ3v) is 8.86. The predicted molar refractivity (Wildman–Crippen MR) is 123 cm³/mol. The van der Waals surface area contributed by atoms with Gasteiger partial charge in [0.25, 0.3) is 0 Å². The third-order valence-electron chi connectivity index (χ3n) is 7.05. The first-order valence-corrected chi connectivity index (χ1v) is 11.3. The fourth-order valence-corrected chi connectivity index (χ4v) is 6.61. The van der Waals surface area contributed by atoms with E-state index in [1.165, 1.54) is 22.3 Å². The molecule has 3 heteroatoms. The summed E-state index contributed by atoms with van der Waals surface area (Å²) in [6.07, 6.45) is 8.23. The van der Waals surface area contributed by atoms with Gasteiger partial charge in [0.1, 0.15) is 0 Å². The average Bonchev–Trinajstić information content (AvgIpc) is 3.15. The summed E-state index contributed by atoms with van der Waals surface area (Å²) in [6, 6.07) is 10.6. The van der Waals surface area contributed by atoms with E-state index >= 15 is 0 Å². The smallest absolute Gasteiger partial charge is 0.164 e. The highest BCUT2D eigenvalue weighted by atomic mass is 127. The lowest BCUT2D eigenvalue weighted by Gasteiger charge is -2.36. The number of ether oxygens (including phenoxy) is 1. The molecule has 0 saturated heterocycles. The van der Waals surface area contributed by atoms with Gasteiger partial charge in [-0.05, 0) is 43.2 Å². The Kier molecular flexibility index (Phi) is 5.43. The molecule has 0 spiro atoms. The van der Waals surface area contributed by atoms with Gasteiger partial charge in [0.05, 0.1) is 10.0 Å². The number of carbonyl (C=O) groups excluding carboxylic acids is 1. The lowest BCUT2D eigenvalue weighted by atomic mass is 9.72. The second-order valence-corrected chi connectivity index (χ2v) is 10.7. The maximum Gasteiger partial charge on any atom is 0.164 e. The van der Waals surface area contributed by atoms with Crippen LogP contribution in [0.5, 0.6) is 0 Å². The van der Waals surface area contributed by atoms with E-state index in [2.05, 4.69) is 72.5 Å². The Labute approximate surface area is 182 Å². The van der Waals surface area contributed by atoms with Crippen molar-refractivity contribution in [3.05, 3.63) is 70.8 Å². The summed E-state index contributed by atoms with van der Waals surface area (Å²) < 4.78 is 5.30. The number of benzene rings is 1. The van der Waals surface area contributed by atoms with Crippen molar-refractivity contribution < 1.29 is 9.53 Å². The van der Waals surface area contributed by atoms with Crippen molar-refractivity contribution in [2.24, 2.45) is 11.3 Å². The fraction of sp³-hybridized carbons (Fsp3) is 0.480. The summed E-state index contributed by atoms with van der Waals surface area (Å²) in [5.41, 5.74) is 6.28. The molecule has 4 rings (SSSR count). The maximum atomic E-state index is 13.3. The first-order valence-electron chi connectivity index (χ1n) is 10.3. The lowest BCUT2D eigenvalue weighted by Crippen LogP contribution is -2.33. The molecule has 3 aliphatic rings. The summed E-state index contributed by atoms with van der Waals surface area (Å²) in [5, 5.41) is 0. The molecule has 1 aromatic carbocycles. The summed E-state index contributed by atoms with van der Waals surface area (Å²) in [6.45, 7) is 7.36. The molecule has 1 fully saturated rings. The number of fused-ring (bicyclic) bond motifs is 2. The van der Waals surface area contributed by atoms with E-state index in [0.717, 1.165) is 44.3 Å². The van der Waals surface area contributed by atoms with E-state index in [-0.39, 0.29) is 14.6 Å². The minimum absolute atomic E-state index is 0.0252. The minimum atomic E-state index is -0.227. The SMILES string of the molecule is C=C1C(=O)CC2=C(Cc3ccccc3)CC[C@]2(C)/C=C2/[C@@H](COC)CCC12I. The quantitative estimate of drug-likeness (QED) is 0.225. The van der Waals surface area contributed by atoms with Crippen LogP contribution in [0.25, 0.3) is 0 Å². The second kappa shape index (κ2) is 7.56. The number of halogens is 1. The number of hydrogen-bond donors (Lipinski definition) is 0. The predicted octanol–water partition coefficient (Wildman–Crippen LogP) is 6.01. The molecule has 3 atom stereocenters. The van der Waals surface area contributed by atoms with E-state index in [9.17, 15) is 4.79 Å². The first kappa shape index (κ1) is 20.1.